The van der Waals surface area contributed by atoms with Crippen molar-refractivity contribution in [2.24, 2.45) is 0 Å². The Balaban J connectivity index is 1.84. The number of amides is 1. The maximum Gasteiger partial charge on any atom is 0.254 e. The van der Waals surface area contributed by atoms with Crippen LogP contribution in [0.5, 0.6) is 0 Å². The molecule has 0 fully saturated rings. The lowest BCUT2D eigenvalue weighted by Gasteiger charge is -2.09. The molecule has 2 aromatic carbocycles. The van der Waals surface area contributed by atoms with Gasteiger partial charge >= 0.3 is 0 Å². The molecule has 0 radical (unpaired) electrons. The van der Waals surface area contributed by atoms with Gasteiger partial charge in [-0.15, -0.1) is 0 Å². The third kappa shape index (κ3) is 4.97. The second kappa shape index (κ2) is 8.37. The predicted molar refractivity (Wildman–Crippen MR) is 89.9 cm³/mol. The van der Waals surface area contributed by atoms with Crippen LogP contribution in [0.3, 0.4) is 0 Å². The summed E-state index contributed by atoms with van der Waals surface area (Å²) in [7, 11) is -4.06. The van der Waals surface area contributed by atoms with Crippen molar-refractivity contribution in [3.05, 3.63) is 64.7 Å². The Hall–Kier alpha value is -2.03. The van der Waals surface area contributed by atoms with E-state index < -0.39 is 32.5 Å². The molecule has 2 rings (SSSR count). The summed E-state index contributed by atoms with van der Waals surface area (Å²) >= 11 is 5.56. The second-order valence-corrected chi connectivity index (χ2v) is 7.18. The molecule has 9 heteroatoms. The largest absolute Gasteiger partial charge is 0.352 e. The molecule has 5 nitrogen and oxygen atoms in total. The molecule has 2 N–H and O–H groups in total. The van der Waals surface area contributed by atoms with Crippen molar-refractivity contribution in [3.8, 4) is 0 Å². The average Bonchev–Trinajstić information content (AvgIpc) is 2.57. The Morgan fingerprint density at radius 3 is 2.48 bits per heavy atom. The third-order valence-electron chi connectivity index (χ3n) is 3.26. The number of carbonyl (C=O) groups excluding carboxylic acids is 1. The summed E-state index contributed by atoms with van der Waals surface area (Å²) in [6, 6.07) is 9.19. The normalized spacial score (nSPS) is 11.3. The molecular formula is C16H15ClF2N2O3S. The Kier molecular flexibility index (Phi) is 6.46. The maximum absolute atomic E-state index is 13.8. The van der Waals surface area contributed by atoms with Crippen LogP contribution in [0, 0.1) is 11.6 Å². The topological polar surface area (TPSA) is 75.3 Å². The lowest BCUT2D eigenvalue weighted by Crippen LogP contribution is -2.30. The molecule has 2 aromatic rings. The molecule has 0 unspecified atom stereocenters. The summed E-state index contributed by atoms with van der Waals surface area (Å²) in [5.74, 6) is -2.26. The Labute approximate surface area is 149 Å². The molecule has 0 atom stereocenters. The van der Waals surface area contributed by atoms with E-state index >= 15 is 0 Å². The highest BCUT2D eigenvalue weighted by Gasteiger charge is 2.20. The van der Waals surface area contributed by atoms with Crippen molar-refractivity contribution in [2.45, 2.75) is 11.3 Å². The molecule has 0 saturated carbocycles. The molecule has 0 heterocycles. The fourth-order valence-corrected chi connectivity index (χ4v) is 3.41. The van der Waals surface area contributed by atoms with Crippen molar-refractivity contribution < 1.29 is 22.0 Å². The van der Waals surface area contributed by atoms with Crippen LogP contribution in [0.25, 0.3) is 0 Å². The highest BCUT2D eigenvalue weighted by molar-refractivity contribution is 7.89. The van der Waals surface area contributed by atoms with Gasteiger partial charge in [0, 0.05) is 13.1 Å². The summed E-state index contributed by atoms with van der Waals surface area (Å²) in [6.45, 7) is 0.0829. The number of carbonyl (C=O) groups is 1. The summed E-state index contributed by atoms with van der Waals surface area (Å²) in [5, 5.41) is 2.19. The molecule has 1 amide bonds. The maximum atomic E-state index is 13.8. The summed E-state index contributed by atoms with van der Waals surface area (Å²) in [5.41, 5.74) is -0.0934. The Morgan fingerprint density at radius 2 is 1.76 bits per heavy atom. The highest BCUT2D eigenvalue weighted by Crippen LogP contribution is 2.21. The molecule has 0 spiro atoms. The third-order valence-corrected chi connectivity index (χ3v) is 5.03. The van der Waals surface area contributed by atoms with E-state index in [0.717, 1.165) is 6.07 Å². The second-order valence-electron chi connectivity index (χ2n) is 5.04. The summed E-state index contributed by atoms with van der Waals surface area (Å²) in [4.78, 5) is 11.2. The minimum atomic E-state index is -4.06. The molecule has 0 aliphatic heterocycles. The standard InChI is InChI=1S/C16H15ClF2N2O3S/c17-12-6-3-8-14(15(12)19)25(23,24)21-10-4-9-20-16(22)11-5-1-2-7-13(11)18/h1-3,5-8,21H,4,9-10H2,(H,20,22). The summed E-state index contributed by atoms with van der Waals surface area (Å²) in [6.07, 6.45) is 0.238. The number of hydrogen-bond donors (Lipinski definition) is 2. The summed E-state index contributed by atoms with van der Waals surface area (Å²) < 4.78 is 53.5. The van der Waals surface area contributed by atoms with Crippen LogP contribution in [-0.2, 0) is 10.0 Å². The molecule has 0 saturated heterocycles. The van der Waals surface area contributed by atoms with E-state index in [0.29, 0.717) is 0 Å². The van der Waals surface area contributed by atoms with Gasteiger partial charge in [-0.1, -0.05) is 29.8 Å². The predicted octanol–water partition coefficient (Wildman–Crippen LogP) is 2.72. The van der Waals surface area contributed by atoms with E-state index in [2.05, 4.69) is 10.0 Å². The van der Waals surface area contributed by atoms with Gasteiger partial charge in [-0.2, -0.15) is 0 Å². The van der Waals surface area contributed by atoms with Gasteiger partial charge in [0.15, 0.2) is 5.82 Å². The number of nitrogens with one attached hydrogen (secondary N) is 2. The number of rotatable bonds is 7. The van der Waals surface area contributed by atoms with E-state index in [1.54, 1.807) is 0 Å². The molecule has 0 aliphatic rings. The van der Waals surface area contributed by atoms with Gasteiger partial charge in [-0.25, -0.2) is 21.9 Å². The van der Waals surface area contributed by atoms with Gasteiger partial charge in [-0.3, -0.25) is 4.79 Å². The van der Waals surface area contributed by atoms with Crippen molar-refractivity contribution in [1.29, 1.82) is 0 Å². The monoisotopic (exact) mass is 388 g/mol. The SMILES string of the molecule is O=C(NCCCNS(=O)(=O)c1cccc(Cl)c1F)c1ccccc1F. The zero-order valence-electron chi connectivity index (χ0n) is 12.9. The van der Waals surface area contributed by atoms with Crippen LogP contribution in [0.1, 0.15) is 16.8 Å². The van der Waals surface area contributed by atoms with Crippen LogP contribution in [-0.4, -0.2) is 27.4 Å². The molecule has 0 bridgehead atoms. The van der Waals surface area contributed by atoms with Gasteiger partial charge in [-0.05, 0) is 30.7 Å². The highest BCUT2D eigenvalue weighted by atomic mass is 35.5. The first kappa shape index (κ1) is 19.3. The van der Waals surface area contributed by atoms with Gasteiger partial charge in [0.05, 0.1) is 10.6 Å². The van der Waals surface area contributed by atoms with Crippen LogP contribution in [0.15, 0.2) is 47.4 Å². The van der Waals surface area contributed by atoms with Gasteiger partial charge in [0.2, 0.25) is 10.0 Å². The fraction of sp³-hybridized carbons (Fsp3) is 0.188. The molecule has 0 aliphatic carbocycles. The Bertz CT molecular complexity index is 875. The average molecular weight is 389 g/mol. The molecule has 0 aromatic heterocycles. The van der Waals surface area contributed by atoms with Gasteiger partial charge in [0.1, 0.15) is 10.7 Å². The minimum Gasteiger partial charge on any atom is -0.352 e. The van der Waals surface area contributed by atoms with Crippen LogP contribution in [0.2, 0.25) is 5.02 Å². The van der Waals surface area contributed by atoms with Crippen molar-refractivity contribution in [3.63, 3.8) is 0 Å². The zero-order chi connectivity index (χ0) is 18.4. The number of hydrogen-bond acceptors (Lipinski definition) is 3. The lowest BCUT2D eigenvalue weighted by atomic mass is 10.2. The Morgan fingerprint density at radius 1 is 1.04 bits per heavy atom. The van der Waals surface area contributed by atoms with Crippen LogP contribution >= 0.6 is 11.6 Å². The van der Waals surface area contributed by atoms with Crippen molar-refractivity contribution in [2.75, 3.05) is 13.1 Å². The molecular weight excluding hydrogens is 374 g/mol. The van der Waals surface area contributed by atoms with E-state index in [4.69, 9.17) is 11.6 Å². The van der Waals surface area contributed by atoms with Gasteiger partial charge in [0.25, 0.3) is 5.91 Å². The number of sulfonamides is 1. The minimum absolute atomic E-state index is 0.0359. The first-order valence-corrected chi connectivity index (χ1v) is 9.15. The van der Waals surface area contributed by atoms with Crippen molar-refractivity contribution >= 4 is 27.5 Å². The van der Waals surface area contributed by atoms with E-state index in [1.807, 2.05) is 0 Å². The number of halogens is 3. The fourth-order valence-electron chi connectivity index (χ4n) is 2.01. The van der Waals surface area contributed by atoms with E-state index in [-0.39, 0.29) is 30.1 Å². The first-order valence-electron chi connectivity index (χ1n) is 7.29. The zero-order valence-corrected chi connectivity index (χ0v) is 14.5. The quantitative estimate of drug-likeness (QED) is 0.716. The van der Waals surface area contributed by atoms with Crippen LogP contribution < -0.4 is 10.0 Å². The lowest BCUT2D eigenvalue weighted by molar-refractivity contribution is 0.0949. The molecule has 134 valence electrons. The molecule has 25 heavy (non-hydrogen) atoms. The van der Waals surface area contributed by atoms with Crippen molar-refractivity contribution in [1.82, 2.24) is 10.0 Å². The van der Waals surface area contributed by atoms with Gasteiger partial charge < -0.3 is 5.32 Å². The van der Waals surface area contributed by atoms with Crippen LogP contribution in [0.4, 0.5) is 8.78 Å². The number of benzene rings is 2. The first-order chi connectivity index (χ1) is 11.8. The van der Waals surface area contributed by atoms with E-state index in [1.165, 1.54) is 36.4 Å². The smallest absolute Gasteiger partial charge is 0.254 e. The van der Waals surface area contributed by atoms with E-state index in [9.17, 15) is 22.0 Å².